The van der Waals surface area contributed by atoms with Crippen molar-refractivity contribution in [3.63, 3.8) is 0 Å². The summed E-state index contributed by atoms with van der Waals surface area (Å²) < 4.78 is 5.40. The van der Waals surface area contributed by atoms with E-state index in [9.17, 15) is 4.79 Å². The van der Waals surface area contributed by atoms with Crippen LogP contribution in [0, 0.1) is 5.41 Å². The van der Waals surface area contributed by atoms with E-state index in [0.29, 0.717) is 39.1 Å². The second kappa shape index (κ2) is 8.32. The van der Waals surface area contributed by atoms with Crippen LogP contribution in [0.5, 0.6) is 0 Å². The SMILES string of the molecule is CCC(CC)(CNC(=O)C1(CN)CCOCC1)c1ccc(Cl)cc1. The van der Waals surface area contributed by atoms with Gasteiger partial charge in [-0.05, 0) is 43.4 Å². The average molecular weight is 353 g/mol. The number of halogens is 1. The Labute approximate surface area is 150 Å². The fraction of sp³-hybridized carbons (Fsp3) is 0.632. The molecule has 0 unspecified atom stereocenters. The zero-order chi connectivity index (χ0) is 17.6. The molecule has 1 aromatic carbocycles. The summed E-state index contributed by atoms with van der Waals surface area (Å²) in [4.78, 5) is 12.8. The van der Waals surface area contributed by atoms with Crippen LogP contribution in [0.2, 0.25) is 5.02 Å². The van der Waals surface area contributed by atoms with Gasteiger partial charge < -0.3 is 15.8 Å². The summed E-state index contributed by atoms with van der Waals surface area (Å²) in [6.07, 6.45) is 3.29. The molecule has 0 radical (unpaired) electrons. The molecule has 3 N–H and O–H groups in total. The van der Waals surface area contributed by atoms with Crippen LogP contribution in [0.25, 0.3) is 0 Å². The largest absolute Gasteiger partial charge is 0.381 e. The number of ether oxygens (including phenoxy) is 1. The predicted octanol–water partition coefficient (Wildman–Crippen LogP) is 3.27. The predicted molar refractivity (Wildman–Crippen MR) is 98.3 cm³/mol. The van der Waals surface area contributed by atoms with Crippen LogP contribution in [0.15, 0.2) is 24.3 Å². The first-order valence-corrected chi connectivity index (χ1v) is 9.22. The van der Waals surface area contributed by atoms with Gasteiger partial charge in [0.2, 0.25) is 5.91 Å². The van der Waals surface area contributed by atoms with Gasteiger partial charge in [-0.2, -0.15) is 0 Å². The molecular weight excluding hydrogens is 324 g/mol. The molecule has 1 fully saturated rings. The Balaban J connectivity index is 2.13. The van der Waals surface area contributed by atoms with E-state index in [4.69, 9.17) is 22.1 Å². The molecule has 134 valence electrons. The van der Waals surface area contributed by atoms with Crippen LogP contribution in [-0.4, -0.2) is 32.2 Å². The lowest BCUT2D eigenvalue weighted by Crippen LogP contribution is -2.52. The van der Waals surface area contributed by atoms with Gasteiger partial charge in [0.25, 0.3) is 0 Å². The average Bonchev–Trinajstić information content (AvgIpc) is 2.64. The minimum atomic E-state index is -0.481. The Bertz CT molecular complexity index is 535. The Hall–Kier alpha value is -1.10. The molecule has 1 saturated heterocycles. The number of hydrogen-bond donors (Lipinski definition) is 2. The number of nitrogens with one attached hydrogen (secondary N) is 1. The maximum Gasteiger partial charge on any atom is 0.227 e. The third-order valence-corrected chi connectivity index (χ3v) is 5.97. The van der Waals surface area contributed by atoms with Crippen molar-refractivity contribution in [2.45, 2.75) is 44.9 Å². The van der Waals surface area contributed by atoms with Gasteiger partial charge in [0.1, 0.15) is 0 Å². The van der Waals surface area contributed by atoms with Crippen LogP contribution < -0.4 is 11.1 Å². The van der Waals surface area contributed by atoms with E-state index in [-0.39, 0.29) is 11.3 Å². The zero-order valence-electron chi connectivity index (χ0n) is 14.7. The van der Waals surface area contributed by atoms with Gasteiger partial charge in [-0.3, -0.25) is 4.79 Å². The molecule has 24 heavy (non-hydrogen) atoms. The van der Waals surface area contributed by atoms with Gasteiger partial charge in [-0.15, -0.1) is 0 Å². The highest BCUT2D eigenvalue weighted by atomic mass is 35.5. The van der Waals surface area contributed by atoms with Gasteiger partial charge in [0.15, 0.2) is 0 Å². The number of hydrogen-bond acceptors (Lipinski definition) is 3. The topological polar surface area (TPSA) is 64.4 Å². The molecule has 2 rings (SSSR count). The number of carbonyl (C=O) groups excluding carboxylic acids is 1. The lowest BCUT2D eigenvalue weighted by molar-refractivity contribution is -0.136. The lowest BCUT2D eigenvalue weighted by Gasteiger charge is -2.37. The fourth-order valence-electron chi connectivity index (χ4n) is 3.54. The molecule has 5 heteroatoms. The summed E-state index contributed by atoms with van der Waals surface area (Å²) in [6, 6.07) is 7.96. The lowest BCUT2D eigenvalue weighted by atomic mass is 9.74. The summed E-state index contributed by atoms with van der Waals surface area (Å²) >= 11 is 6.02. The van der Waals surface area contributed by atoms with Gasteiger partial charge >= 0.3 is 0 Å². The van der Waals surface area contributed by atoms with Crippen LogP contribution >= 0.6 is 11.6 Å². The Morgan fingerprint density at radius 1 is 1.25 bits per heavy atom. The summed E-state index contributed by atoms with van der Waals surface area (Å²) in [5.41, 5.74) is 6.59. The van der Waals surface area contributed by atoms with E-state index in [1.165, 1.54) is 5.56 Å². The molecule has 1 aliphatic heterocycles. The van der Waals surface area contributed by atoms with E-state index in [2.05, 4.69) is 31.3 Å². The first kappa shape index (κ1) is 19.2. The molecule has 0 atom stereocenters. The third-order valence-electron chi connectivity index (χ3n) is 5.72. The first-order valence-electron chi connectivity index (χ1n) is 8.84. The van der Waals surface area contributed by atoms with Crippen molar-refractivity contribution in [1.82, 2.24) is 5.32 Å². The number of amides is 1. The van der Waals surface area contributed by atoms with Gasteiger partial charge in [0.05, 0.1) is 5.41 Å². The quantitative estimate of drug-likeness (QED) is 0.791. The van der Waals surface area contributed by atoms with Crippen molar-refractivity contribution in [1.29, 1.82) is 0 Å². The van der Waals surface area contributed by atoms with E-state index >= 15 is 0 Å². The van der Waals surface area contributed by atoms with Gasteiger partial charge in [-0.1, -0.05) is 37.6 Å². The Morgan fingerprint density at radius 3 is 2.33 bits per heavy atom. The number of benzene rings is 1. The van der Waals surface area contributed by atoms with E-state index in [1.807, 2.05) is 12.1 Å². The van der Waals surface area contributed by atoms with Crippen LogP contribution in [0.4, 0.5) is 0 Å². The molecular formula is C19H29ClN2O2. The second-order valence-corrected chi connectivity index (χ2v) is 7.21. The summed E-state index contributed by atoms with van der Waals surface area (Å²) in [5.74, 6) is 0.0635. The molecule has 0 spiro atoms. The first-order chi connectivity index (χ1) is 11.5. The number of nitrogens with two attached hydrogens (primary N) is 1. The smallest absolute Gasteiger partial charge is 0.227 e. The summed E-state index contributed by atoms with van der Waals surface area (Å²) in [7, 11) is 0. The van der Waals surface area contributed by atoms with Crippen molar-refractivity contribution in [2.24, 2.45) is 11.1 Å². The molecule has 1 aromatic rings. The monoisotopic (exact) mass is 352 g/mol. The van der Waals surface area contributed by atoms with Gasteiger partial charge in [0, 0.05) is 36.7 Å². The second-order valence-electron chi connectivity index (χ2n) is 6.77. The standard InChI is InChI=1S/C19H29ClN2O2/c1-3-18(4-2,15-5-7-16(20)8-6-15)14-22-17(23)19(13-21)9-11-24-12-10-19/h5-8H,3-4,9-14,21H2,1-2H3,(H,22,23). The highest BCUT2D eigenvalue weighted by Gasteiger charge is 2.40. The van der Waals surface area contributed by atoms with Crippen molar-refractivity contribution in [3.8, 4) is 0 Å². The van der Waals surface area contributed by atoms with Crippen molar-refractivity contribution in [3.05, 3.63) is 34.9 Å². The number of rotatable bonds is 7. The van der Waals surface area contributed by atoms with Crippen LogP contribution in [0.1, 0.15) is 45.1 Å². The Kier molecular flexibility index (Phi) is 6.67. The highest BCUT2D eigenvalue weighted by molar-refractivity contribution is 6.30. The molecule has 0 aliphatic carbocycles. The minimum Gasteiger partial charge on any atom is -0.381 e. The zero-order valence-corrected chi connectivity index (χ0v) is 15.5. The van der Waals surface area contributed by atoms with E-state index in [1.54, 1.807) is 0 Å². The van der Waals surface area contributed by atoms with Crippen molar-refractivity contribution in [2.75, 3.05) is 26.3 Å². The van der Waals surface area contributed by atoms with E-state index in [0.717, 1.165) is 17.9 Å². The molecule has 4 nitrogen and oxygen atoms in total. The molecule has 0 aromatic heterocycles. The van der Waals surface area contributed by atoms with Crippen LogP contribution in [0.3, 0.4) is 0 Å². The summed E-state index contributed by atoms with van der Waals surface area (Å²) in [5, 5.41) is 3.92. The summed E-state index contributed by atoms with van der Waals surface area (Å²) in [6.45, 7) is 6.52. The number of carbonyl (C=O) groups is 1. The van der Waals surface area contributed by atoms with Gasteiger partial charge in [-0.25, -0.2) is 0 Å². The molecule has 0 saturated carbocycles. The highest BCUT2D eigenvalue weighted by Crippen LogP contribution is 2.33. The maximum absolute atomic E-state index is 12.8. The van der Waals surface area contributed by atoms with Crippen molar-refractivity contribution < 1.29 is 9.53 Å². The molecule has 1 heterocycles. The normalized spacial score (nSPS) is 17.5. The van der Waals surface area contributed by atoms with Crippen molar-refractivity contribution >= 4 is 17.5 Å². The Morgan fingerprint density at radius 2 is 1.83 bits per heavy atom. The molecule has 1 aliphatic rings. The van der Waals surface area contributed by atoms with Crippen LogP contribution in [-0.2, 0) is 14.9 Å². The van der Waals surface area contributed by atoms with E-state index < -0.39 is 5.41 Å². The maximum atomic E-state index is 12.8. The third kappa shape index (κ3) is 3.93. The fourth-order valence-corrected chi connectivity index (χ4v) is 3.66. The molecule has 1 amide bonds. The molecule has 0 bridgehead atoms. The minimum absolute atomic E-state index is 0.0635.